The molecule has 1 fully saturated rings. The van der Waals surface area contributed by atoms with E-state index in [9.17, 15) is 4.79 Å². The average molecular weight is 344 g/mol. The molecule has 5 heteroatoms. The summed E-state index contributed by atoms with van der Waals surface area (Å²) in [5, 5.41) is 2.01. The van der Waals surface area contributed by atoms with E-state index in [4.69, 9.17) is 4.74 Å². The maximum absolute atomic E-state index is 12.1. The topological polar surface area (TPSA) is 29.5 Å². The second-order valence-corrected chi connectivity index (χ2v) is 6.47. The molecule has 1 aliphatic rings. The molecule has 1 atom stereocenters. The third kappa shape index (κ3) is 4.44. The standard InChI is InChI=1S/C14H18BrNO2S/c1-2-16(8-11-5-6-18-9-11)14(17)4-3-13-7-12(15)10-19-13/h3-4,7,10-11H,2,5-6,8-9H2,1H3/b4-3+/t11-/m1/s1. The Kier molecular flexibility index (Phi) is 5.60. The molecule has 2 heterocycles. The fourth-order valence-electron chi connectivity index (χ4n) is 2.09. The van der Waals surface area contributed by atoms with E-state index in [2.05, 4.69) is 15.9 Å². The summed E-state index contributed by atoms with van der Waals surface area (Å²) in [4.78, 5) is 15.1. The van der Waals surface area contributed by atoms with Crippen molar-refractivity contribution in [2.24, 2.45) is 5.92 Å². The number of rotatable bonds is 5. The first-order valence-electron chi connectivity index (χ1n) is 6.47. The first-order chi connectivity index (χ1) is 9.19. The Hall–Kier alpha value is -0.650. The zero-order chi connectivity index (χ0) is 13.7. The van der Waals surface area contributed by atoms with Gasteiger partial charge in [-0.25, -0.2) is 0 Å². The zero-order valence-electron chi connectivity index (χ0n) is 11.0. The molecule has 0 radical (unpaired) electrons. The number of nitrogens with zero attached hydrogens (tertiary/aromatic N) is 1. The van der Waals surface area contributed by atoms with Crippen LogP contribution in [-0.4, -0.2) is 37.1 Å². The number of hydrogen-bond donors (Lipinski definition) is 0. The van der Waals surface area contributed by atoms with E-state index < -0.39 is 0 Å². The van der Waals surface area contributed by atoms with E-state index in [0.29, 0.717) is 5.92 Å². The maximum Gasteiger partial charge on any atom is 0.246 e. The summed E-state index contributed by atoms with van der Waals surface area (Å²) in [6.07, 6.45) is 4.61. The Morgan fingerprint density at radius 2 is 2.53 bits per heavy atom. The first-order valence-corrected chi connectivity index (χ1v) is 8.15. The van der Waals surface area contributed by atoms with Gasteiger partial charge in [-0.3, -0.25) is 4.79 Å². The van der Waals surface area contributed by atoms with Gasteiger partial charge in [0, 0.05) is 46.4 Å². The van der Waals surface area contributed by atoms with Crippen molar-refractivity contribution < 1.29 is 9.53 Å². The van der Waals surface area contributed by atoms with Gasteiger partial charge in [0.15, 0.2) is 0 Å². The molecule has 1 aliphatic heterocycles. The molecule has 1 aromatic rings. The molecular formula is C14H18BrNO2S. The van der Waals surface area contributed by atoms with E-state index in [1.54, 1.807) is 17.4 Å². The minimum absolute atomic E-state index is 0.0823. The Balaban J connectivity index is 1.90. The number of halogens is 1. The van der Waals surface area contributed by atoms with Crippen molar-refractivity contribution in [3.8, 4) is 0 Å². The van der Waals surface area contributed by atoms with E-state index in [1.165, 1.54) is 0 Å². The number of carbonyl (C=O) groups excluding carboxylic acids is 1. The van der Waals surface area contributed by atoms with E-state index >= 15 is 0 Å². The second kappa shape index (κ2) is 7.22. The molecule has 1 amide bonds. The van der Waals surface area contributed by atoms with Gasteiger partial charge in [-0.05, 0) is 41.4 Å². The van der Waals surface area contributed by atoms with Crippen LogP contribution in [0.2, 0.25) is 0 Å². The quantitative estimate of drug-likeness (QED) is 0.766. The highest BCUT2D eigenvalue weighted by molar-refractivity contribution is 9.10. The van der Waals surface area contributed by atoms with Gasteiger partial charge >= 0.3 is 0 Å². The molecule has 1 saturated heterocycles. The van der Waals surface area contributed by atoms with Crippen molar-refractivity contribution in [1.29, 1.82) is 0 Å². The number of thiophene rings is 1. The van der Waals surface area contributed by atoms with Crippen LogP contribution in [0.15, 0.2) is 22.0 Å². The van der Waals surface area contributed by atoms with Crippen LogP contribution >= 0.6 is 27.3 Å². The average Bonchev–Trinajstić information content (AvgIpc) is 3.04. The Morgan fingerprint density at radius 3 is 3.11 bits per heavy atom. The molecule has 0 unspecified atom stereocenters. The highest BCUT2D eigenvalue weighted by atomic mass is 79.9. The summed E-state index contributed by atoms with van der Waals surface area (Å²) in [5.41, 5.74) is 0. The normalized spacial score (nSPS) is 19.2. The minimum atomic E-state index is 0.0823. The molecule has 0 bridgehead atoms. The lowest BCUT2D eigenvalue weighted by Crippen LogP contribution is -2.34. The Labute approximate surface area is 126 Å². The van der Waals surface area contributed by atoms with Crippen molar-refractivity contribution in [3.05, 3.63) is 26.9 Å². The predicted octanol–water partition coefficient (Wildman–Crippen LogP) is 3.41. The van der Waals surface area contributed by atoms with Crippen molar-refractivity contribution in [1.82, 2.24) is 4.90 Å². The second-order valence-electron chi connectivity index (χ2n) is 4.61. The van der Waals surface area contributed by atoms with Gasteiger partial charge in [-0.1, -0.05) is 0 Å². The van der Waals surface area contributed by atoms with Crippen molar-refractivity contribution in [2.75, 3.05) is 26.3 Å². The fourth-order valence-corrected chi connectivity index (χ4v) is 3.43. The van der Waals surface area contributed by atoms with Crippen molar-refractivity contribution >= 4 is 39.2 Å². The van der Waals surface area contributed by atoms with Gasteiger partial charge in [0.25, 0.3) is 0 Å². The summed E-state index contributed by atoms with van der Waals surface area (Å²) in [7, 11) is 0. The smallest absolute Gasteiger partial charge is 0.246 e. The minimum Gasteiger partial charge on any atom is -0.381 e. The van der Waals surface area contributed by atoms with Gasteiger partial charge in [0.05, 0.1) is 6.61 Å². The molecule has 0 saturated carbocycles. The number of hydrogen-bond acceptors (Lipinski definition) is 3. The van der Waals surface area contributed by atoms with E-state index in [0.717, 1.165) is 42.1 Å². The fraction of sp³-hybridized carbons (Fsp3) is 0.500. The van der Waals surface area contributed by atoms with Crippen LogP contribution in [0.25, 0.3) is 6.08 Å². The van der Waals surface area contributed by atoms with Crippen LogP contribution in [-0.2, 0) is 9.53 Å². The number of ether oxygens (including phenoxy) is 1. The van der Waals surface area contributed by atoms with Crippen LogP contribution in [0.1, 0.15) is 18.2 Å². The summed E-state index contributed by atoms with van der Waals surface area (Å²) in [6, 6.07) is 2.01. The van der Waals surface area contributed by atoms with E-state index in [1.807, 2.05) is 29.3 Å². The predicted molar refractivity (Wildman–Crippen MR) is 82.2 cm³/mol. The molecule has 0 N–H and O–H groups in total. The molecule has 0 spiro atoms. The summed E-state index contributed by atoms with van der Waals surface area (Å²) in [6.45, 7) is 5.17. The van der Waals surface area contributed by atoms with Gasteiger partial charge < -0.3 is 9.64 Å². The van der Waals surface area contributed by atoms with Gasteiger partial charge in [0.2, 0.25) is 5.91 Å². The third-order valence-electron chi connectivity index (χ3n) is 3.17. The van der Waals surface area contributed by atoms with Crippen LogP contribution in [0.3, 0.4) is 0 Å². The van der Waals surface area contributed by atoms with Crippen molar-refractivity contribution in [2.45, 2.75) is 13.3 Å². The molecule has 104 valence electrons. The SMILES string of the molecule is CCN(C[C@H]1CCOC1)C(=O)/C=C/c1cc(Br)cs1. The van der Waals surface area contributed by atoms with Crippen LogP contribution < -0.4 is 0 Å². The van der Waals surface area contributed by atoms with Crippen molar-refractivity contribution in [3.63, 3.8) is 0 Å². The van der Waals surface area contributed by atoms with Crippen LogP contribution in [0.4, 0.5) is 0 Å². The Bertz CT molecular complexity index is 452. The van der Waals surface area contributed by atoms with Crippen LogP contribution in [0.5, 0.6) is 0 Å². The maximum atomic E-state index is 12.1. The van der Waals surface area contributed by atoms with Crippen LogP contribution in [0, 0.1) is 5.92 Å². The monoisotopic (exact) mass is 343 g/mol. The number of carbonyl (C=O) groups is 1. The van der Waals surface area contributed by atoms with Gasteiger partial charge in [-0.2, -0.15) is 0 Å². The van der Waals surface area contributed by atoms with Gasteiger partial charge in [-0.15, -0.1) is 11.3 Å². The Morgan fingerprint density at radius 1 is 1.68 bits per heavy atom. The highest BCUT2D eigenvalue weighted by Gasteiger charge is 2.20. The number of likely N-dealkylation sites (N-methyl/N-ethyl adjacent to an activating group) is 1. The molecule has 0 aromatic carbocycles. The number of amides is 1. The summed E-state index contributed by atoms with van der Waals surface area (Å²) >= 11 is 5.03. The summed E-state index contributed by atoms with van der Waals surface area (Å²) in [5.74, 6) is 0.576. The third-order valence-corrected chi connectivity index (χ3v) is 4.83. The lowest BCUT2D eigenvalue weighted by molar-refractivity contribution is -0.126. The zero-order valence-corrected chi connectivity index (χ0v) is 13.4. The lowest BCUT2D eigenvalue weighted by atomic mass is 10.1. The highest BCUT2D eigenvalue weighted by Crippen LogP contribution is 2.21. The van der Waals surface area contributed by atoms with Gasteiger partial charge in [0.1, 0.15) is 0 Å². The molecule has 2 rings (SSSR count). The molecule has 3 nitrogen and oxygen atoms in total. The summed E-state index contributed by atoms with van der Waals surface area (Å²) < 4.78 is 6.41. The van der Waals surface area contributed by atoms with E-state index in [-0.39, 0.29) is 5.91 Å². The first kappa shape index (κ1) is 14.8. The lowest BCUT2D eigenvalue weighted by Gasteiger charge is -2.22. The molecule has 19 heavy (non-hydrogen) atoms. The largest absolute Gasteiger partial charge is 0.381 e. The molecule has 1 aromatic heterocycles. The molecule has 0 aliphatic carbocycles. The molecular weight excluding hydrogens is 326 g/mol.